The highest BCUT2D eigenvalue weighted by molar-refractivity contribution is 5.84. The number of carbonyl (C=O) groups is 1. The summed E-state index contributed by atoms with van der Waals surface area (Å²) < 4.78 is 5.48. The Bertz CT molecular complexity index is 283. The van der Waals surface area contributed by atoms with E-state index in [1.165, 1.54) is 0 Å². The van der Waals surface area contributed by atoms with Crippen molar-refractivity contribution in [2.24, 2.45) is 5.73 Å². The molecule has 1 fully saturated rings. The Balaban J connectivity index is 2.72. The molecule has 0 spiro atoms. The Morgan fingerprint density at radius 2 is 2.28 bits per heavy atom. The maximum absolute atomic E-state index is 11.7. The van der Waals surface area contributed by atoms with Crippen LogP contribution in [0.15, 0.2) is 0 Å². The maximum Gasteiger partial charge on any atom is 0.238 e. The molecule has 2 unspecified atom stereocenters. The van der Waals surface area contributed by atoms with E-state index >= 15 is 0 Å². The first-order chi connectivity index (χ1) is 8.39. The van der Waals surface area contributed by atoms with E-state index < -0.39 is 5.54 Å². The molecule has 1 aliphatic heterocycles. The van der Waals surface area contributed by atoms with Gasteiger partial charge in [-0.05, 0) is 27.2 Å². The molecule has 0 bridgehead atoms. The van der Waals surface area contributed by atoms with E-state index in [1.54, 1.807) is 0 Å². The van der Waals surface area contributed by atoms with Gasteiger partial charge in [-0.25, -0.2) is 0 Å². The summed E-state index contributed by atoms with van der Waals surface area (Å²) in [4.78, 5) is 14.0. The third kappa shape index (κ3) is 3.93. The van der Waals surface area contributed by atoms with Crippen LogP contribution in [0.4, 0.5) is 0 Å². The summed E-state index contributed by atoms with van der Waals surface area (Å²) in [5, 5.41) is 3.29. The maximum atomic E-state index is 11.7. The average Bonchev–Trinajstić information content (AvgIpc) is 2.28. The largest absolute Gasteiger partial charge is 0.378 e. The summed E-state index contributed by atoms with van der Waals surface area (Å²) in [5.74, 6) is -0.294. The Kier molecular flexibility index (Phi) is 5.56. The van der Waals surface area contributed by atoms with Gasteiger partial charge in [0.1, 0.15) is 5.54 Å². The monoisotopic (exact) mass is 257 g/mol. The standard InChI is InChI=1S/C13H27N3O2/c1-5-11-8-18-7-6-16(11)9-13(4,12(14)17)15-10(2)3/h10-11,15H,5-9H2,1-4H3,(H2,14,17). The van der Waals surface area contributed by atoms with Gasteiger partial charge in [0.05, 0.1) is 13.2 Å². The van der Waals surface area contributed by atoms with Gasteiger partial charge in [-0.15, -0.1) is 0 Å². The van der Waals surface area contributed by atoms with Crippen LogP contribution in [-0.2, 0) is 9.53 Å². The number of nitrogens with zero attached hydrogens (tertiary/aromatic N) is 1. The number of rotatable bonds is 6. The summed E-state index contributed by atoms with van der Waals surface area (Å²) in [6.45, 7) is 11.1. The minimum Gasteiger partial charge on any atom is -0.378 e. The molecule has 0 radical (unpaired) electrons. The third-order valence-electron chi connectivity index (χ3n) is 3.49. The minimum absolute atomic E-state index is 0.226. The predicted octanol–water partition coefficient (Wildman–Crippen LogP) is 0.339. The second-order valence-corrected chi connectivity index (χ2v) is 5.60. The van der Waals surface area contributed by atoms with Crippen LogP contribution in [0, 0.1) is 0 Å². The second-order valence-electron chi connectivity index (χ2n) is 5.60. The Morgan fingerprint density at radius 1 is 1.61 bits per heavy atom. The number of morpholine rings is 1. The molecule has 1 saturated heterocycles. The average molecular weight is 257 g/mol. The highest BCUT2D eigenvalue weighted by Crippen LogP contribution is 2.15. The molecule has 0 aromatic rings. The summed E-state index contributed by atoms with van der Waals surface area (Å²) in [5.41, 5.74) is 4.88. The van der Waals surface area contributed by atoms with Crippen LogP contribution in [0.25, 0.3) is 0 Å². The predicted molar refractivity (Wildman–Crippen MR) is 72.3 cm³/mol. The van der Waals surface area contributed by atoms with E-state index in [1.807, 2.05) is 20.8 Å². The van der Waals surface area contributed by atoms with Crippen molar-refractivity contribution in [2.75, 3.05) is 26.3 Å². The summed E-state index contributed by atoms with van der Waals surface area (Å²) >= 11 is 0. The summed E-state index contributed by atoms with van der Waals surface area (Å²) in [6, 6.07) is 0.606. The van der Waals surface area contributed by atoms with Crippen LogP contribution in [0.5, 0.6) is 0 Å². The molecule has 1 heterocycles. The lowest BCUT2D eigenvalue weighted by Crippen LogP contribution is -2.63. The molecule has 0 aromatic heterocycles. The van der Waals surface area contributed by atoms with Crippen molar-refractivity contribution in [3.8, 4) is 0 Å². The van der Waals surface area contributed by atoms with E-state index in [0.29, 0.717) is 12.6 Å². The number of nitrogens with one attached hydrogen (secondary N) is 1. The SMILES string of the molecule is CCC1COCCN1CC(C)(NC(C)C)C(N)=O. The number of hydrogen-bond acceptors (Lipinski definition) is 4. The molecule has 5 heteroatoms. The zero-order valence-electron chi connectivity index (χ0n) is 12.0. The molecule has 1 rings (SSSR count). The van der Waals surface area contributed by atoms with E-state index in [0.717, 1.165) is 26.2 Å². The molecule has 5 nitrogen and oxygen atoms in total. The smallest absolute Gasteiger partial charge is 0.238 e. The Morgan fingerprint density at radius 3 is 2.78 bits per heavy atom. The first-order valence-electron chi connectivity index (χ1n) is 6.78. The van der Waals surface area contributed by atoms with Crippen molar-refractivity contribution in [1.82, 2.24) is 10.2 Å². The van der Waals surface area contributed by atoms with E-state index in [-0.39, 0.29) is 11.9 Å². The van der Waals surface area contributed by atoms with Crippen LogP contribution in [0.1, 0.15) is 34.1 Å². The number of carbonyl (C=O) groups excluding carboxylic acids is 1. The van der Waals surface area contributed by atoms with E-state index in [4.69, 9.17) is 10.5 Å². The number of nitrogens with two attached hydrogens (primary N) is 1. The highest BCUT2D eigenvalue weighted by Gasteiger charge is 2.36. The van der Waals surface area contributed by atoms with Crippen molar-refractivity contribution in [3.05, 3.63) is 0 Å². The molecule has 3 N–H and O–H groups in total. The molecule has 1 amide bonds. The van der Waals surface area contributed by atoms with Gasteiger partial charge in [0.15, 0.2) is 0 Å². The van der Waals surface area contributed by atoms with Crippen molar-refractivity contribution >= 4 is 5.91 Å². The fourth-order valence-corrected chi connectivity index (χ4v) is 2.51. The molecule has 1 aliphatic rings. The molecule has 2 atom stereocenters. The molecule has 18 heavy (non-hydrogen) atoms. The normalized spacial score (nSPS) is 25.1. The fraction of sp³-hybridized carbons (Fsp3) is 0.923. The summed E-state index contributed by atoms with van der Waals surface area (Å²) in [7, 11) is 0. The van der Waals surface area contributed by atoms with Gasteiger partial charge in [0.2, 0.25) is 5.91 Å². The third-order valence-corrected chi connectivity index (χ3v) is 3.49. The lowest BCUT2D eigenvalue weighted by molar-refractivity contribution is -0.126. The first kappa shape index (κ1) is 15.4. The van der Waals surface area contributed by atoms with Gasteiger partial charge in [-0.2, -0.15) is 0 Å². The fourth-order valence-electron chi connectivity index (χ4n) is 2.51. The Hall–Kier alpha value is -0.650. The molecule has 0 aromatic carbocycles. The van der Waals surface area contributed by atoms with Gasteiger partial charge in [0.25, 0.3) is 0 Å². The lowest BCUT2D eigenvalue weighted by Gasteiger charge is -2.41. The second kappa shape index (κ2) is 6.50. The van der Waals surface area contributed by atoms with Crippen molar-refractivity contribution < 1.29 is 9.53 Å². The quantitative estimate of drug-likeness (QED) is 0.720. The van der Waals surface area contributed by atoms with Gasteiger partial charge < -0.3 is 15.8 Å². The molecule has 106 valence electrons. The van der Waals surface area contributed by atoms with E-state index in [9.17, 15) is 4.79 Å². The Labute approximate surface area is 110 Å². The van der Waals surface area contributed by atoms with Crippen LogP contribution in [0.3, 0.4) is 0 Å². The van der Waals surface area contributed by atoms with Gasteiger partial charge >= 0.3 is 0 Å². The molecule has 0 saturated carbocycles. The number of hydrogen-bond donors (Lipinski definition) is 2. The lowest BCUT2D eigenvalue weighted by atomic mass is 9.97. The van der Waals surface area contributed by atoms with Crippen LogP contribution in [-0.4, -0.2) is 54.7 Å². The molecular weight excluding hydrogens is 230 g/mol. The van der Waals surface area contributed by atoms with Gasteiger partial charge in [-0.3, -0.25) is 9.69 Å². The van der Waals surface area contributed by atoms with Crippen LogP contribution >= 0.6 is 0 Å². The first-order valence-corrected chi connectivity index (χ1v) is 6.78. The van der Waals surface area contributed by atoms with E-state index in [2.05, 4.69) is 17.1 Å². The topological polar surface area (TPSA) is 67.6 Å². The zero-order valence-corrected chi connectivity index (χ0v) is 12.0. The van der Waals surface area contributed by atoms with Crippen molar-refractivity contribution in [1.29, 1.82) is 0 Å². The van der Waals surface area contributed by atoms with Crippen LogP contribution < -0.4 is 11.1 Å². The number of primary amides is 1. The number of ether oxygens (including phenoxy) is 1. The zero-order chi connectivity index (χ0) is 13.8. The minimum atomic E-state index is -0.682. The van der Waals surface area contributed by atoms with Crippen LogP contribution in [0.2, 0.25) is 0 Å². The highest BCUT2D eigenvalue weighted by atomic mass is 16.5. The molecule has 0 aliphatic carbocycles. The van der Waals surface area contributed by atoms with Gasteiger partial charge in [0, 0.05) is 25.2 Å². The number of amides is 1. The van der Waals surface area contributed by atoms with Crippen molar-refractivity contribution in [3.63, 3.8) is 0 Å². The molecular formula is C13H27N3O2. The van der Waals surface area contributed by atoms with Gasteiger partial charge in [-0.1, -0.05) is 6.92 Å². The van der Waals surface area contributed by atoms with Crippen molar-refractivity contribution in [2.45, 2.75) is 51.7 Å². The summed E-state index contributed by atoms with van der Waals surface area (Å²) in [6.07, 6.45) is 1.02.